The quantitative estimate of drug-likeness (QED) is 0.851. The average molecular weight is 302 g/mol. The Morgan fingerprint density at radius 1 is 1.32 bits per heavy atom. The SMILES string of the molecule is CN(C)Cc1cccc(C(=O)N2CCCC(C(C)(C)C)C2)c1. The number of hydrogen-bond donors (Lipinski definition) is 0. The number of carbonyl (C=O) groups is 1. The van der Waals surface area contributed by atoms with Crippen molar-refractivity contribution in [1.82, 2.24) is 9.80 Å². The number of hydrogen-bond acceptors (Lipinski definition) is 2. The van der Waals surface area contributed by atoms with Gasteiger partial charge in [0.15, 0.2) is 0 Å². The summed E-state index contributed by atoms with van der Waals surface area (Å²) in [6, 6.07) is 8.08. The van der Waals surface area contributed by atoms with Crippen LogP contribution in [0.4, 0.5) is 0 Å². The molecule has 1 fully saturated rings. The molecule has 0 bridgehead atoms. The zero-order valence-electron chi connectivity index (χ0n) is 14.7. The molecule has 1 aromatic rings. The molecule has 0 N–H and O–H groups in total. The largest absolute Gasteiger partial charge is 0.338 e. The second-order valence-electron chi connectivity index (χ2n) is 7.89. The number of piperidine rings is 1. The molecule has 122 valence electrons. The molecule has 3 heteroatoms. The van der Waals surface area contributed by atoms with E-state index in [1.165, 1.54) is 12.0 Å². The van der Waals surface area contributed by atoms with Gasteiger partial charge in [-0.1, -0.05) is 32.9 Å². The molecule has 0 aromatic heterocycles. The van der Waals surface area contributed by atoms with Crippen molar-refractivity contribution in [1.29, 1.82) is 0 Å². The topological polar surface area (TPSA) is 23.6 Å². The monoisotopic (exact) mass is 302 g/mol. The third kappa shape index (κ3) is 4.33. The molecular weight excluding hydrogens is 272 g/mol. The number of amides is 1. The number of benzene rings is 1. The van der Waals surface area contributed by atoms with E-state index < -0.39 is 0 Å². The highest BCUT2D eigenvalue weighted by atomic mass is 16.2. The van der Waals surface area contributed by atoms with Crippen LogP contribution in [0.1, 0.15) is 49.5 Å². The van der Waals surface area contributed by atoms with Crippen LogP contribution in [0.25, 0.3) is 0 Å². The average Bonchev–Trinajstić information content (AvgIpc) is 2.45. The van der Waals surface area contributed by atoms with E-state index in [0.29, 0.717) is 5.92 Å². The Morgan fingerprint density at radius 3 is 2.68 bits per heavy atom. The molecule has 1 aliphatic heterocycles. The summed E-state index contributed by atoms with van der Waals surface area (Å²) in [6.45, 7) is 9.49. The van der Waals surface area contributed by atoms with Crippen molar-refractivity contribution in [3.8, 4) is 0 Å². The van der Waals surface area contributed by atoms with E-state index in [-0.39, 0.29) is 11.3 Å². The molecular formula is C19H30N2O. The van der Waals surface area contributed by atoms with Gasteiger partial charge < -0.3 is 9.80 Å². The predicted octanol–water partition coefficient (Wildman–Crippen LogP) is 3.65. The molecule has 1 saturated heterocycles. The molecule has 0 saturated carbocycles. The number of rotatable bonds is 3. The third-order valence-corrected chi connectivity index (χ3v) is 4.61. The maximum atomic E-state index is 12.8. The standard InChI is InChI=1S/C19H30N2O/c1-19(2,3)17-10-7-11-21(14-17)18(22)16-9-6-8-15(12-16)13-20(4)5/h6,8-9,12,17H,7,10-11,13-14H2,1-5H3. The zero-order chi connectivity index (χ0) is 16.3. The van der Waals surface area contributed by atoms with Crippen LogP contribution < -0.4 is 0 Å². The Morgan fingerprint density at radius 2 is 2.05 bits per heavy atom. The first-order chi connectivity index (χ1) is 10.3. The van der Waals surface area contributed by atoms with E-state index in [1.54, 1.807) is 0 Å². The van der Waals surface area contributed by atoms with Gasteiger partial charge in [0.1, 0.15) is 0 Å². The lowest BCUT2D eigenvalue weighted by Crippen LogP contribution is -2.43. The third-order valence-electron chi connectivity index (χ3n) is 4.61. The maximum absolute atomic E-state index is 12.8. The molecule has 1 atom stereocenters. The molecule has 22 heavy (non-hydrogen) atoms. The molecule has 1 aromatic carbocycles. The maximum Gasteiger partial charge on any atom is 0.253 e. The van der Waals surface area contributed by atoms with Crippen molar-refractivity contribution in [2.24, 2.45) is 11.3 Å². The minimum absolute atomic E-state index is 0.189. The van der Waals surface area contributed by atoms with Crippen LogP contribution in [0.15, 0.2) is 24.3 Å². The van der Waals surface area contributed by atoms with Crippen molar-refractivity contribution in [3.63, 3.8) is 0 Å². The Bertz CT molecular complexity index is 516. The van der Waals surface area contributed by atoms with E-state index in [9.17, 15) is 4.79 Å². The Balaban J connectivity index is 2.10. The molecule has 1 heterocycles. The van der Waals surface area contributed by atoms with Gasteiger partial charge in [0.2, 0.25) is 0 Å². The van der Waals surface area contributed by atoms with E-state index in [0.717, 1.165) is 31.6 Å². The minimum Gasteiger partial charge on any atom is -0.338 e. The van der Waals surface area contributed by atoms with Gasteiger partial charge in [-0.3, -0.25) is 4.79 Å². The van der Waals surface area contributed by atoms with Gasteiger partial charge in [-0.2, -0.15) is 0 Å². The number of carbonyl (C=O) groups excluding carboxylic acids is 1. The first-order valence-corrected chi connectivity index (χ1v) is 8.30. The summed E-state index contributed by atoms with van der Waals surface area (Å²) in [6.07, 6.45) is 2.35. The fourth-order valence-electron chi connectivity index (χ4n) is 3.22. The van der Waals surface area contributed by atoms with E-state index in [2.05, 4.69) is 31.7 Å². The second kappa shape index (κ2) is 6.82. The van der Waals surface area contributed by atoms with Crippen molar-refractivity contribution in [3.05, 3.63) is 35.4 Å². The van der Waals surface area contributed by atoms with E-state index in [4.69, 9.17) is 0 Å². The summed E-state index contributed by atoms with van der Waals surface area (Å²) in [5.41, 5.74) is 2.29. The second-order valence-corrected chi connectivity index (χ2v) is 7.89. The summed E-state index contributed by atoms with van der Waals surface area (Å²) in [5, 5.41) is 0. The zero-order valence-corrected chi connectivity index (χ0v) is 14.7. The molecule has 3 nitrogen and oxygen atoms in total. The summed E-state index contributed by atoms with van der Waals surface area (Å²) >= 11 is 0. The van der Waals surface area contributed by atoms with Crippen molar-refractivity contribution >= 4 is 5.91 Å². The first-order valence-electron chi connectivity index (χ1n) is 8.30. The fourth-order valence-corrected chi connectivity index (χ4v) is 3.22. The number of likely N-dealkylation sites (tertiary alicyclic amines) is 1. The van der Waals surface area contributed by atoms with Crippen LogP contribution in [0.5, 0.6) is 0 Å². The van der Waals surface area contributed by atoms with Crippen molar-refractivity contribution < 1.29 is 4.79 Å². The van der Waals surface area contributed by atoms with Crippen LogP contribution in [-0.4, -0.2) is 42.9 Å². The summed E-state index contributed by atoms with van der Waals surface area (Å²) in [4.78, 5) is 17.0. The van der Waals surface area contributed by atoms with Gasteiger partial charge in [0, 0.05) is 25.2 Å². The van der Waals surface area contributed by atoms with Crippen LogP contribution >= 0.6 is 0 Å². The molecule has 0 spiro atoms. The van der Waals surface area contributed by atoms with Crippen LogP contribution in [0, 0.1) is 11.3 Å². The lowest BCUT2D eigenvalue weighted by Gasteiger charge is -2.39. The van der Waals surface area contributed by atoms with Crippen LogP contribution in [0.3, 0.4) is 0 Å². The van der Waals surface area contributed by atoms with Gasteiger partial charge >= 0.3 is 0 Å². The normalized spacial score (nSPS) is 19.5. The molecule has 1 unspecified atom stereocenters. The molecule has 1 aliphatic rings. The lowest BCUT2D eigenvalue weighted by molar-refractivity contribution is 0.0563. The molecule has 1 amide bonds. The van der Waals surface area contributed by atoms with Crippen molar-refractivity contribution in [2.45, 2.75) is 40.2 Å². The highest BCUT2D eigenvalue weighted by molar-refractivity contribution is 5.94. The highest BCUT2D eigenvalue weighted by Crippen LogP contribution is 2.33. The lowest BCUT2D eigenvalue weighted by atomic mass is 9.76. The predicted molar refractivity (Wildman–Crippen MR) is 91.9 cm³/mol. The Labute approximate surface area is 135 Å². The summed E-state index contributed by atoms with van der Waals surface area (Å²) < 4.78 is 0. The van der Waals surface area contributed by atoms with Gasteiger partial charge in [-0.05, 0) is 56.0 Å². The van der Waals surface area contributed by atoms with Gasteiger partial charge in [-0.15, -0.1) is 0 Å². The van der Waals surface area contributed by atoms with E-state index >= 15 is 0 Å². The van der Waals surface area contributed by atoms with Gasteiger partial charge in [-0.25, -0.2) is 0 Å². The van der Waals surface area contributed by atoms with Crippen LogP contribution in [-0.2, 0) is 6.54 Å². The Hall–Kier alpha value is -1.35. The smallest absolute Gasteiger partial charge is 0.253 e. The van der Waals surface area contributed by atoms with Crippen molar-refractivity contribution in [2.75, 3.05) is 27.2 Å². The van der Waals surface area contributed by atoms with E-state index in [1.807, 2.05) is 37.2 Å². The fraction of sp³-hybridized carbons (Fsp3) is 0.632. The highest BCUT2D eigenvalue weighted by Gasteiger charge is 2.31. The Kier molecular flexibility index (Phi) is 5.28. The minimum atomic E-state index is 0.189. The van der Waals surface area contributed by atoms with Gasteiger partial charge in [0.25, 0.3) is 5.91 Å². The first kappa shape index (κ1) is 17.0. The number of nitrogens with zero attached hydrogens (tertiary/aromatic N) is 2. The van der Waals surface area contributed by atoms with Crippen LogP contribution in [0.2, 0.25) is 0 Å². The summed E-state index contributed by atoms with van der Waals surface area (Å²) in [7, 11) is 4.10. The molecule has 0 radical (unpaired) electrons. The molecule has 2 rings (SSSR count). The molecule has 0 aliphatic carbocycles. The summed E-state index contributed by atoms with van der Waals surface area (Å²) in [5.74, 6) is 0.782. The van der Waals surface area contributed by atoms with Gasteiger partial charge in [0.05, 0.1) is 0 Å².